The molecule has 0 radical (unpaired) electrons. The summed E-state index contributed by atoms with van der Waals surface area (Å²) in [7, 11) is 1.87. The molecule has 0 atom stereocenters. The first-order valence-electron chi connectivity index (χ1n) is 6.46. The van der Waals surface area contributed by atoms with Crippen LogP contribution in [0.4, 0.5) is 5.82 Å². The van der Waals surface area contributed by atoms with Crippen LogP contribution >= 0.6 is 11.6 Å². The highest BCUT2D eigenvalue weighted by Gasteiger charge is 2.07. The van der Waals surface area contributed by atoms with E-state index in [1.165, 1.54) is 0 Å². The molecule has 2 rings (SSSR count). The third-order valence-electron chi connectivity index (χ3n) is 2.97. The van der Waals surface area contributed by atoms with Crippen molar-refractivity contribution in [2.75, 3.05) is 12.4 Å². The predicted octanol–water partition coefficient (Wildman–Crippen LogP) is 4.10. The van der Waals surface area contributed by atoms with Gasteiger partial charge in [-0.3, -0.25) is 0 Å². The minimum absolute atomic E-state index is 0.720. The Labute approximate surface area is 119 Å². The average molecular weight is 276 g/mol. The van der Waals surface area contributed by atoms with Gasteiger partial charge in [0.05, 0.1) is 0 Å². The Morgan fingerprint density at radius 2 is 2.00 bits per heavy atom. The van der Waals surface area contributed by atoms with Crippen LogP contribution in [0.1, 0.15) is 24.6 Å². The molecule has 2 aromatic rings. The van der Waals surface area contributed by atoms with E-state index in [-0.39, 0.29) is 0 Å². The molecule has 0 aliphatic carbocycles. The van der Waals surface area contributed by atoms with Gasteiger partial charge in [-0.15, -0.1) is 0 Å². The van der Waals surface area contributed by atoms with E-state index in [1.807, 2.05) is 38.2 Å². The fraction of sp³-hybridized carbons (Fsp3) is 0.333. The van der Waals surface area contributed by atoms with Crippen molar-refractivity contribution in [3.8, 4) is 11.4 Å². The zero-order valence-corrected chi connectivity index (χ0v) is 12.3. The van der Waals surface area contributed by atoms with Crippen LogP contribution in [-0.4, -0.2) is 17.0 Å². The monoisotopic (exact) mass is 275 g/mol. The lowest BCUT2D eigenvalue weighted by molar-refractivity contribution is 0.876. The van der Waals surface area contributed by atoms with Gasteiger partial charge >= 0.3 is 0 Å². The fourth-order valence-corrected chi connectivity index (χ4v) is 2.05. The summed E-state index contributed by atoms with van der Waals surface area (Å²) in [5.41, 5.74) is 3.06. The molecule has 0 unspecified atom stereocenters. The highest BCUT2D eigenvalue weighted by molar-refractivity contribution is 6.31. The molecule has 1 aromatic heterocycles. The molecule has 0 spiro atoms. The second-order valence-corrected chi connectivity index (χ2v) is 4.94. The van der Waals surface area contributed by atoms with E-state index in [9.17, 15) is 0 Å². The quantitative estimate of drug-likeness (QED) is 0.913. The van der Waals surface area contributed by atoms with E-state index in [4.69, 9.17) is 11.6 Å². The van der Waals surface area contributed by atoms with E-state index < -0.39 is 0 Å². The van der Waals surface area contributed by atoms with Crippen molar-refractivity contribution in [3.05, 3.63) is 40.5 Å². The minimum Gasteiger partial charge on any atom is -0.373 e. The first-order valence-corrected chi connectivity index (χ1v) is 6.84. The molecule has 100 valence electrons. The third-order valence-corrected chi connectivity index (χ3v) is 3.38. The number of hydrogen-bond donors (Lipinski definition) is 1. The van der Waals surface area contributed by atoms with Gasteiger partial charge in [0, 0.05) is 29.4 Å². The topological polar surface area (TPSA) is 37.8 Å². The maximum absolute atomic E-state index is 6.17. The largest absolute Gasteiger partial charge is 0.373 e. The lowest BCUT2D eigenvalue weighted by Gasteiger charge is -2.08. The molecule has 3 nitrogen and oxygen atoms in total. The molecule has 0 saturated heterocycles. The average Bonchev–Trinajstić information content (AvgIpc) is 2.42. The van der Waals surface area contributed by atoms with E-state index in [0.717, 1.165) is 46.3 Å². The van der Waals surface area contributed by atoms with Crippen molar-refractivity contribution in [3.63, 3.8) is 0 Å². The van der Waals surface area contributed by atoms with Gasteiger partial charge in [-0.2, -0.15) is 0 Å². The van der Waals surface area contributed by atoms with E-state index in [1.54, 1.807) is 0 Å². The highest BCUT2D eigenvalue weighted by Crippen LogP contribution is 2.24. The first-order chi connectivity index (χ1) is 9.13. The van der Waals surface area contributed by atoms with Gasteiger partial charge in [0.25, 0.3) is 0 Å². The van der Waals surface area contributed by atoms with Crippen LogP contribution in [0.2, 0.25) is 5.02 Å². The number of nitrogens with zero attached hydrogens (tertiary/aromatic N) is 2. The Kier molecular flexibility index (Phi) is 4.38. The van der Waals surface area contributed by atoms with Crippen molar-refractivity contribution in [1.29, 1.82) is 0 Å². The van der Waals surface area contributed by atoms with E-state index in [0.29, 0.717) is 0 Å². The minimum atomic E-state index is 0.720. The molecular weight excluding hydrogens is 258 g/mol. The molecule has 1 heterocycles. The maximum atomic E-state index is 6.17. The molecule has 0 aliphatic heterocycles. The SMILES string of the molecule is CCCc1cc(NC)nc(-c2ccc(C)c(Cl)c2)n1. The van der Waals surface area contributed by atoms with Crippen molar-refractivity contribution in [1.82, 2.24) is 9.97 Å². The van der Waals surface area contributed by atoms with E-state index in [2.05, 4.69) is 22.2 Å². The van der Waals surface area contributed by atoms with Crippen LogP contribution in [0.3, 0.4) is 0 Å². The number of nitrogens with one attached hydrogen (secondary N) is 1. The zero-order chi connectivity index (χ0) is 13.8. The maximum Gasteiger partial charge on any atom is 0.161 e. The zero-order valence-electron chi connectivity index (χ0n) is 11.5. The molecule has 0 bridgehead atoms. The predicted molar refractivity (Wildman–Crippen MR) is 80.8 cm³/mol. The van der Waals surface area contributed by atoms with Crippen LogP contribution < -0.4 is 5.32 Å². The number of aryl methyl sites for hydroxylation is 2. The van der Waals surface area contributed by atoms with Gasteiger partial charge in [0.1, 0.15) is 5.82 Å². The summed E-state index contributed by atoms with van der Waals surface area (Å²) in [6.45, 7) is 4.13. The fourth-order valence-electron chi connectivity index (χ4n) is 1.87. The second kappa shape index (κ2) is 6.02. The Balaban J connectivity index is 2.47. The molecule has 1 aromatic carbocycles. The third kappa shape index (κ3) is 3.24. The van der Waals surface area contributed by atoms with Crippen molar-refractivity contribution >= 4 is 17.4 Å². The Morgan fingerprint density at radius 1 is 1.21 bits per heavy atom. The van der Waals surface area contributed by atoms with Gasteiger partial charge in [-0.05, 0) is 25.0 Å². The molecule has 0 aliphatic rings. The van der Waals surface area contributed by atoms with Crippen molar-refractivity contribution < 1.29 is 0 Å². The van der Waals surface area contributed by atoms with Gasteiger partial charge in [-0.1, -0.05) is 37.1 Å². The first kappa shape index (κ1) is 13.8. The summed E-state index contributed by atoms with van der Waals surface area (Å²) >= 11 is 6.17. The van der Waals surface area contributed by atoms with Crippen molar-refractivity contribution in [2.45, 2.75) is 26.7 Å². The molecule has 0 fully saturated rings. The lowest BCUT2D eigenvalue weighted by atomic mass is 10.1. The molecule has 0 amide bonds. The Bertz CT molecular complexity index is 582. The molecule has 19 heavy (non-hydrogen) atoms. The van der Waals surface area contributed by atoms with Gasteiger partial charge in [0.2, 0.25) is 0 Å². The van der Waals surface area contributed by atoms with E-state index >= 15 is 0 Å². The second-order valence-electron chi connectivity index (χ2n) is 4.53. The number of halogens is 1. The van der Waals surface area contributed by atoms with Gasteiger partial charge < -0.3 is 5.32 Å². The van der Waals surface area contributed by atoms with Crippen molar-refractivity contribution in [2.24, 2.45) is 0 Å². The Hall–Kier alpha value is -1.61. The van der Waals surface area contributed by atoms with Crippen LogP contribution in [-0.2, 0) is 6.42 Å². The number of benzene rings is 1. The molecule has 1 N–H and O–H groups in total. The molecule has 0 saturated carbocycles. The summed E-state index contributed by atoms with van der Waals surface area (Å²) in [6, 6.07) is 7.91. The van der Waals surface area contributed by atoms with Gasteiger partial charge in [-0.25, -0.2) is 9.97 Å². The van der Waals surface area contributed by atoms with Gasteiger partial charge in [0.15, 0.2) is 5.82 Å². The molecular formula is C15H18ClN3. The number of aromatic nitrogens is 2. The summed E-state index contributed by atoms with van der Waals surface area (Å²) in [5, 5.41) is 3.82. The molecule has 4 heteroatoms. The summed E-state index contributed by atoms with van der Waals surface area (Å²) in [6.07, 6.45) is 2.01. The summed E-state index contributed by atoms with van der Waals surface area (Å²) in [4.78, 5) is 9.10. The number of anilines is 1. The normalized spacial score (nSPS) is 10.5. The highest BCUT2D eigenvalue weighted by atomic mass is 35.5. The lowest BCUT2D eigenvalue weighted by Crippen LogP contribution is -2.01. The van der Waals surface area contributed by atoms with Crippen LogP contribution in [0.25, 0.3) is 11.4 Å². The van der Waals surface area contributed by atoms with Crippen LogP contribution in [0.15, 0.2) is 24.3 Å². The van der Waals surface area contributed by atoms with Crippen LogP contribution in [0, 0.1) is 6.92 Å². The smallest absolute Gasteiger partial charge is 0.161 e. The Morgan fingerprint density at radius 3 is 2.63 bits per heavy atom. The summed E-state index contributed by atoms with van der Waals surface area (Å²) < 4.78 is 0. The van der Waals surface area contributed by atoms with Crippen LogP contribution in [0.5, 0.6) is 0 Å². The summed E-state index contributed by atoms with van der Waals surface area (Å²) in [5.74, 6) is 1.56. The number of hydrogen-bond acceptors (Lipinski definition) is 3. The standard InChI is InChI=1S/C15H18ClN3/c1-4-5-12-9-14(17-3)19-15(18-12)11-7-6-10(2)13(16)8-11/h6-9H,4-5H2,1-3H3,(H,17,18,19). The number of rotatable bonds is 4.